The summed E-state index contributed by atoms with van der Waals surface area (Å²) in [4.78, 5) is 25.9. The van der Waals surface area contributed by atoms with Crippen LogP contribution in [0, 0.1) is 0 Å². The lowest BCUT2D eigenvalue weighted by Gasteiger charge is -2.26. The Bertz CT molecular complexity index is 498. The minimum atomic E-state index is -1.17. The number of amides is 2. The maximum absolute atomic E-state index is 12.4. The van der Waals surface area contributed by atoms with Gasteiger partial charge in [0.05, 0.1) is 0 Å². The fraction of sp³-hybridized carbons (Fsp3) is 0.429. The van der Waals surface area contributed by atoms with E-state index < -0.39 is 11.3 Å². The van der Waals surface area contributed by atoms with E-state index in [0.29, 0.717) is 13.0 Å². The Balaban J connectivity index is 2.63. The molecule has 1 heterocycles. The number of hydrogen-bond acceptors (Lipinski definition) is 2. The Morgan fingerprint density at radius 2 is 2.11 bits per heavy atom. The van der Waals surface area contributed by atoms with Gasteiger partial charge in [0.15, 0.2) is 5.41 Å². The van der Waals surface area contributed by atoms with Crippen molar-refractivity contribution in [3.63, 3.8) is 0 Å². The predicted molar refractivity (Wildman–Crippen MR) is 68.9 cm³/mol. The van der Waals surface area contributed by atoms with Crippen molar-refractivity contribution in [2.24, 2.45) is 5.73 Å². The van der Waals surface area contributed by atoms with Crippen molar-refractivity contribution in [3.05, 3.63) is 35.4 Å². The van der Waals surface area contributed by atoms with Crippen molar-refractivity contribution < 1.29 is 9.59 Å². The van der Waals surface area contributed by atoms with Crippen molar-refractivity contribution in [1.82, 2.24) is 4.90 Å². The Hall–Kier alpha value is -1.84. The van der Waals surface area contributed by atoms with Gasteiger partial charge in [-0.1, -0.05) is 31.2 Å². The van der Waals surface area contributed by atoms with E-state index >= 15 is 0 Å². The minimum Gasteiger partial charge on any atom is -0.368 e. The summed E-state index contributed by atoms with van der Waals surface area (Å²) in [6.45, 7) is 2.58. The van der Waals surface area contributed by atoms with Crippen molar-refractivity contribution in [1.29, 1.82) is 0 Å². The molecule has 1 aliphatic rings. The summed E-state index contributed by atoms with van der Waals surface area (Å²) in [5.74, 6) is -0.728. The van der Waals surface area contributed by atoms with Gasteiger partial charge in [0.25, 0.3) is 0 Å². The molecule has 0 bridgehead atoms. The first-order chi connectivity index (χ1) is 8.54. The van der Waals surface area contributed by atoms with E-state index in [1.807, 2.05) is 31.2 Å². The van der Waals surface area contributed by atoms with E-state index in [2.05, 4.69) is 0 Å². The van der Waals surface area contributed by atoms with E-state index in [1.54, 1.807) is 11.9 Å². The quantitative estimate of drug-likeness (QED) is 0.803. The van der Waals surface area contributed by atoms with Crippen LogP contribution in [-0.2, 0) is 21.4 Å². The molecule has 2 N–H and O–H groups in total. The number of hydrogen-bond donors (Lipinski definition) is 1. The van der Waals surface area contributed by atoms with Crippen LogP contribution in [0.25, 0.3) is 0 Å². The smallest absolute Gasteiger partial charge is 0.242 e. The van der Waals surface area contributed by atoms with Crippen LogP contribution >= 0.6 is 0 Å². The number of carbonyl (C=O) groups is 2. The van der Waals surface area contributed by atoms with Crippen LogP contribution in [0.15, 0.2) is 24.3 Å². The molecule has 18 heavy (non-hydrogen) atoms. The van der Waals surface area contributed by atoms with Crippen LogP contribution in [0.5, 0.6) is 0 Å². The van der Waals surface area contributed by atoms with Crippen LogP contribution in [0.4, 0.5) is 0 Å². The molecule has 1 saturated heterocycles. The topological polar surface area (TPSA) is 63.4 Å². The highest BCUT2D eigenvalue weighted by Crippen LogP contribution is 2.37. The second-order valence-electron chi connectivity index (χ2n) is 4.76. The van der Waals surface area contributed by atoms with Gasteiger partial charge in [-0.3, -0.25) is 9.59 Å². The third-order valence-electron chi connectivity index (χ3n) is 3.81. The molecule has 96 valence electrons. The van der Waals surface area contributed by atoms with Crippen LogP contribution in [0.1, 0.15) is 24.5 Å². The predicted octanol–water partition coefficient (Wildman–Crippen LogP) is 0.834. The van der Waals surface area contributed by atoms with Crippen LogP contribution in [0.2, 0.25) is 0 Å². The summed E-state index contributed by atoms with van der Waals surface area (Å²) in [5, 5.41) is 0. The zero-order valence-electron chi connectivity index (χ0n) is 10.8. The number of benzene rings is 1. The number of carbonyl (C=O) groups excluding carboxylic acids is 2. The van der Waals surface area contributed by atoms with Crippen molar-refractivity contribution >= 4 is 11.8 Å². The second kappa shape index (κ2) is 4.44. The minimum absolute atomic E-state index is 0.184. The van der Waals surface area contributed by atoms with Crippen molar-refractivity contribution in [3.8, 4) is 0 Å². The zero-order valence-corrected chi connectivity index (χ0v) is 10.8. The molecule has 2 rings (SSSR count). The molecule has 1 aliphatic heterocycles. The zero-order chi connectivity index (χ0) is 13.3. The third-order valence-corrected chi connectivity index (χ3v) is 3.81. The number of primary amides is 1. The number of nitrogens with two attached hydrogens (primary N) is 1. The molecule has 0 spiro atoms. The van der Waals surface area contributed by atoms with E-state index in [-0.39, 0.29) is 5.91 Å². The van der Waals surface area contributed by atoms with E-state index in [0.717, 1.165) is 17.5 Å². The number of likely N-dealkylation sites (tertiary alicyclic amines) is 1. The van der Waals surface area contributed by atoms with Crippen LogP contribution in [0.3, 0.4) is 0 Å². The molecule has 0 saturated carbocycles. The third kappa shape index (κ3) is 1.60. The van der Waals surface area contributed by atoms with Gasteiger partial charge in [-0.05, 0) is 24.0 Å². The summed E-state index contributed by atoms with van der Waals surface area (Å²) >= 11 is 0. The van der Waals surface area contributed by atoms with Crippen molar-refractivity contribution in [2.75, 3.05) is 13.6 Å². The van der Waals surface area contributed by atoms with Crippen LogP contribution in [-0.4, -0.2) is 30.3 Å². The Morgan fingerprint density at radius 1 is 1.44 bits per heavy atom. The SMILES string of the molecule is CCc1ccccc1C1(C(N)=O)CCN(C)C1=O. The second-order valence-corrected chi connectivity index (χ2v) is 4.76. The van der Waals surface area contributed by atoms with E-state index in [1.165, 1.54) is 0 Å². The van der Waals surface area contributed by atoms with Gasteiger partial charge >= 0.3 is 0 Å². The average molecular weight is 246 g/mol. The van der Waals surface area contributed by atoms with E-state index in [9.17, 15) is 9.59 Å². The largest absolute Gasteiger partial charge is 0.368 e. The van der Waals surface area contributed by atoms with Crippen LogP contribution < -0.4 is 5.73 Å². The highest BCUT2D eigenvalue weighted by molar-refractivity contribution is 6.11. The molecule has 1 fully saturated rings. The molecular formula is C14H18N2O2. The summed E-state index contributed by atoms with van der Waals surface area (Å²) in [6, 6.07) is 7.57. The van der Waals surface area contributed by atoms with Gasteiger partial charge in [-0.15, -0.1) is 0 Å². The normalized spacial score (nSPS) is 23.4. The van der Waals surface area contributed by atoms with Gasteiger partial charge in [0, 0.05) is 13.6 Å². The molecule has 0 aromatic heterocycles. The monoisotopic (exact) mass is 246 g/mol. The number of nitrogens with zero attached hydrogens (tertiary/aromatic N) is 1. The summed E-state index contributed by atoms with van der Waals surface area (Å²) in [7, 11) is 1.71. The highest BCUT2D eigenvalue weighted by atomic mass is 16.2. The lowest BCUT2D eigenvalue weighted by molar-refractivity contribution is -0.138. The van der Waals surface area contributed by atoms with Gasteiger partial charge in [-0.25, -0.2) is 0 Å². The first-order valence-corrected chi connectivity index (χ1v) is 6.18. The first kappa shape index (κ1) is 12.6. The summed E-state index contributed by atoms with van der Waals surface area (Å²) in [6.07, 6.45) is 1.25. The molecule has 1 unspecified atom stereocenters. The lowest BCUT2D eigenvalue weighted by Crippen LogP contribution is -2.47. The van der Waals surface area contributed by atoms with Gasteiger partial charge in [0.1, 0.15) is 0 Å². The maximum Gasteiger partial charge on any atom is 0.242 e. The van der Waals surface area contributed by atoms with Gasteiger partial charge in [0.2, 0.25) is 11.8 Å². The molecule has 4 heteroatoms. The highest BCUT2D eigenvalue weighted by Gasteiger charge is 2.52. The Morgan fingerprint density at radius 3 is 2.61 bits per heavy atom. The van der Waals surface area contributed by atoms with Crippen molar-refractivity contribution in [2.45, 2.75) is 25.2 Å². The molecule has 1 aromatic rings. The van der Waals surface area contributed by atoms with Gasteiger partial charge < -0.3 is 10.6 Å². The molecule has 1 atom stereocenters. The number of likely N-dealkylation sites (N-methyl/N-ethyl adjacent to an activating group) is 1. The standard InChI is InChI=1S/C14H18N2O2/c1-3-10-6-4-5-7-11(10)14(12(15)17)8-9-16(2)13(14)18/h4-7H,3,8-9H2,1-2H3,(H2,15,17). The Labute approximate surface area is 107 Å². The molecule has 2 amide bonds. The Kier molecular flexibility index (Phi) is 3.11. The maximum atomic E-state index is 12.4. The fourth-order valence-electron chi connectivity index (χ4n) is 2.73. The van der Waals surface area contributed by atoms with E-state index in [4.69, 9.17) is 5.73 Å². The van der Waals surface area contributed by atoms with Gasteiger partial charge in [-0.2, -0.15) is 0 Å². The summed E-state index contributed by atoms with van der Waals surface area (Å²) in [5.41, 5.74) is 6.18. The lowest BCUT2D eigenvalue weighted by atomic mass is 9.75. The summed E-state index contributed by atoms with van der Waals surface area (Å²) < 4.78 is 0. The fourth-order valence-corrected chi connectivity index (χ4v) is 2.73. The number of rotatable bonds is 3. The molecule has 4 nitrogen and oxygen atoms in total. The molecule has 1 aromatic carbocycles. The first-order valence-electron chi connectivity index (χ1n) is 6.18. The number of aryl methyl sites for hydroxylation is 1. The molecule has 0 aliphatic carbocycles. The average Bonchev–Trinajstić information content (AvgIpc) is 2.67. The molecule has 0 radical (unpaired) electrons. The molecular weight excluding hydrogens is 228 g/mol.